The molecule has 0 bridgehead atoms. The lowest BCUT2D eigenvalue weighted by atomic mass is 9.81. The van der Waals surface area contributed by atoms with Crippen LogP contribution < -0.4 is 0 Å². The van der Waals surface area contributed by atoms with E-state index in [4.69, 9.17) is 33.3 Å². The molecular weight excluding hydrogens is 401 g/mol. The summed E-state index contributed by atoms with van der Waals surface area (Å²) in [4.78, 5) is 5.05. The number of nitrogens with zero attached hydrogens (tertiary/aromatic N) is 3. The van der Waals surface area contributed by atoms with Crippen LogP contribution in [0.1, 0.15) is 25.1 Å². The van der Waals surface area contributed by atoms with Gasteiger partial charge in [0.1, 0.15) is 5.69 Å². The molecule has 2 aromatic heterocycles. The molecule has 0 fully saturated rings. The Morgan fingerprint density at radius 2 is 1.69 bits per heavy atom. The second-order valence-corrected chi connectivity index (χ2v) is 8.96. The summed E-state index contributed by atoms with van der Waals surface area (Å²) in [7, 11) is 0. The van der Waals surface area contributed by atoms with Crippen LogP contribution in [0.15, 0.2) is 66.7 Å². The van der Waals surface area contributed by atoms with Gasteiger partial charge in [-0.1, -0.05) is 73.5 Å². The number of allylic oxidation sites excluding steroid dienone is 1. The Balaban J connectivity index is 1.82. The Kier molecular flexibility index (Phi) is 4.27. The number of para-hydroxylation sites is 1. The summed E-state index contributed by atoms with van der Waals surface area (Å²) in [6.07, 6.45) is 2.96. The zero-order valence-electron chi connectivity index (χ0n) is 16.2. The lowest BCUT2D eigenvalue weighted by Crippen LogP contribution is -2.18. The number of hydrogen-bond donors (Lipinski definition) is 0. The van der Waals surface area contributed by atoms with Gasteiger partial charge in [-0.15, -0.1) is 0 Å². The number of halogens is 2. The van der Waals surface area contributed by atoms with Crippen molar-refractivity contribution < 1.29 is 0 Å². The molecule has 0 unspecified atom stereocenters. The van der Waals surface area contributed by atoms with E-state index < -0.39 is 0 Å². The first-order chi connectivity index (χ1) is 13.9. The largest absolute Gasteiger partial charge is 0.232 e. The Morgan fingerprint density at radius 3 is 2.41 bits per heavy atom. The Morgan fingerprint density at radius 1 is 0.966 bits per heavy atom. The molecule has 144 valence electrons. The van der Waals surface area contributed by atoms with Crippen LogP contribution in [0, 0.1) is 5.41 Å². The van der Waals surface area contributed by atoms with Gasteiger partial charge in [-0.2, -0.15) is 5.10 Å². The minimum Gasteiger partial charge on any atom is -0.232 e. The zero-order valence-corrected chi connectivity index (χ0v) is 17.7. The molecule has 5 rings (SSSR count). The molecule has 2 aromatic carbocycles. The van der Waals surface area contributed by atoms with Gasteiger partial charge in [-0.25, -0.2) is 9.67 Å². The Bertz CT molecular complexity index is 1250. The summed E-state index contributed by atoms with van der Waals surface area (Å²) in [5, 5.41) is 7.36. The van der Waals surface area contributed by atoms with E-state index in [0.717, 1.165) is 50.7 Å². The maximum absolute atomic E-state index is 6.65. The van der Waals surface area contributed by atoms with E-state index in [1.807, 2.05) is 59.3 Å². The number of pyridine rings is 1. The van der Waals surface area contributed by atoms with Crippen molar-refractivity contribution in [2.24, 2.45) is 5.41 Å². The van der Waals surface area contributed by atoms with Gasteiger partial charge in [-0.05, 0) is 42.2 Å². The minimum atomic E-state index is -0.0264. The molecule has 0 aliphatic heterocycles. The summed E-state index contributed by atoms with van der Waals surface area (Å²) in [5.41, 5.74) is 5.64. The van der Waals surface area contributed by atoms with E-state index in [1.54, 1.807) is 0 Å². The number of fused-ring (bicyclic) bond motifs is 2. The highest BCUT2D eigenvalue weighted by atomic mass is 35.5. The molecular formula is C24H19Cl2N3. The molecule has 0 spiro atoms. The van der Waals surface area contributed by atoms with Crippen molar-refractivity contribution >= 4 is 39.3 Å². The van der Waals surface area contributed by atoms with E-state index in [1.165, 1.54) is 0 Å². The molecule has 2 heterocycles. The van der Waals surface area contributed by atoms with Crippen LogP contribution in [0.5, 0.6) is 0 Å². The van der Waals surface area contributed by atoms with Crippen LogP contribution in [-0.4, -0.2) is 14.8 Å². The summed E-state index contributed by atoms with van der Waals surface area (Å²) in [6, 6.07) is 19.9. The monoisotopic (exact) mass is 419 g/mol. The lowest BCUT2D eigenvalue weighted by Gasteiger charge is -2.27. The average molecular weight is 420 g/mol. The number of hydrogen-bond acceptors (Lipinski definition) is 2. The summed E-state index contributed by atoms with van der Waals surface area (Å²) >= 11 is 12.7. The van der Waals surface area contributed by atoms with Gasteiger partial charge in [0.15, 0.2) is 5.65 Å². The Labute approximate surface area is 179 Å². The predicted octanol–water partition coefficient (Wildman–Crippen LogP) is 6.90. The summed E-state index contributed by atoms with van der Waals surface area (Å²) in [5.74, 6) is 0. The predicted molar refractivity (Wildman–Crippen MR) is 121 cm³/mol. The topological polar surface area (TPSA) is 30.7 Å². The van der Waals surface area contributed by atoms with Gasteiger partial charge in [0, 0.05) is 26.6 Å². The fourth-order valence-electron chi connectivity index (χ4n) is 3.89. The van der Waals surface area contributed by atoms with E-state index in [0.29, 0.717) is 5.02 Å². The first-order valence-corrected chi connectivity index (χ1v) is 10.3. The maximum atomic E-state index is 6.65. The lowest BCUT2D eigenvalue weighted by molar-refractivity contribution is 0.468. The molecule has 29 heavy (non-hydrogen) atoms. The van der Waals surface area contributed by atoms with Gasteiger partial charge in [0.2, 0.25) is 0 Å². The molecule has 0 atom stereocenters. The number of benzene rings is 2. The first kappa shape index (κ1) is 18.4. The van der Waals surface area contributed by atoms with Crippen molar-refractivity contribution in [1.29, 1.82) is 0 Å². The number of aromatic nitrogens is 3. The smallest absolute Gasteiger partial charge is 0.163 e. The molecule has 0 amide bonds. The fourth-order valence-corrected chi connectivity index (χ4v) is 4.48. The Hall–Kier alpha value is -2.62. The third-order valence-electron chi connectivity index (χ3n) is 5.25. The molecule has 4 aromatic rings. The van der Waals surface area contributed by atoms with Gasteiger partial charge in [0.25, 0.3) is 0 Å². The molecule has 5 heteroatoms. The standard InChI is InChI=1S/C24H19Cl2N3/c1-24(2)13-20(26)18-12-19-22(15-8-10-16(25)11-9-15)28-29(17-6-4-3-5-7-17)23(19)27-21(18)14-24/h3-13H,14H2,1-2H3. The van der Waals surface area contributed by atoms with Gasteiger partial charge in [-0.3, -0.25) is 0 Å². The summed E-state index contributed by atoms with van der Waals surface area (Å²) in [6.45, 7) is 4.36. The minimum absolute atomic E-state index is 0.0264. The van der Waals surface area contributed by atoms with Crippen molar-refractivity contribution in [2.45, 2.75) is 20.3 Å². The van der Waals surface area contributed by atoms with Crippen molar-refractivity contribution in [3.8, 4) is 16.9 Å². The van der Waals surface area contributed by atoms with Crippen LogP contribution in [0.4, 0.5) is 0 Å². The van der Waals surface area contributed by atoms with E-state index in [9.17, 15) is 0 Å². The molecule has 0 N–H and O–H groups in total. The molecule has 0 saturated heterocycles. The third kappa shape index (κ3) is 3.25. The highest BCUT2D eigenvalue weighted by molar-refractivity contribution is 6.49. The average Bonchev–Trinajstić information content (AvgIpc) is 3.06. The molecule has 1 aliphatic carbocycles. The van der Waals surface area contributed by atoms with Crippen LogP contribution in [0.25, 0.3) is 33.0 Å². The quantitative estimate of drug-likeness (QED) is 0.353. The highest BCUT2D eigenvalue weighted by Crippen LogP contribution is 2.40. The van der Waals surface area contributed by atoms with Gasteiger partial charge < -0.3 is 0 Å². The zero-order chi connectivity index (χ0) is 20.2. The molecule has 0 radical (unpaired) electrons. The van der Waals surface area contributed by atoms with Crippen molar-refractivity contribution in [3.05, 3.63) is 83.0 Å². The molecule has 3 nitrogen and oxygen atoms in total. The van der Waals surface area contributed by atoms with Crippen LogP contribution in [0.3, 0.4) is 0 Å². The highest BCUT2D eigenvalue weighted by Gasteiger charge is 2.28. The van der Waals surface area contributed by atoms with E-state index >= 15 is 0 Å². The second kappa shape index (κ2) is 6.72. The van der Waals surface area contributed by atoms with E-state index in [2.05, 4.69) is 26.0 Å². The van der Waals surface area contributed by atoms with Crippen LogP contribution >= 0.6 is 23.2 Å². The second-order valence-electron chi connectivity index (χ2n) is 8.11. The molecule has 0 saturated carbocycles. The third-order valence-corrected chi connectivity index (χ3v) is 5.82. The van der Waals surface area contributed by atoms with Crippen LogP contribution in [0.2, 0.25) is 5.02 Å². The SMILES string of the molecule is CC1(C)C=C(Cl)c2cc3c(-c4ccc(Cl)cc4)nn(-c4ccccc4)c3nc2C1. The first-order valence-electron chi connectivity index (χ1n) is 9.54. The van der Waals surface area contributed by atoms with Crippen molar-refractivity contribution in [2.75, 3.05) is 0 Å². The number of rotatable bonds is 2. The summed E-state index contributed by atoms with van der Waals surface area (Å²) < 4.78 is 1.92. The van der Waals surface area contributed by atoms with Crippen molar-refractivity contribution in [3.63, 3.8) is 0 Å². The van der Waals surface area contributed by atoms with Crippen LogP contribution in [-0.2, 0) is 6.42 Å². The maximum Gasteiger partial charge on any atom is 0.163 e. The van der Waals surface area contributed by atoms with Crippen molar-refractivity contribution in [1.82, 2.24) is 14.8 Å². The normalized spacial score (nSPS) is 15.2. The molecule has 1 aliphatic rings. The van der Waals surface area contributed by atoms with Gasteiger partial charge in [0.05, 0.1) is 11.4 Å². The van der Waals surface area contributed by atoms with E-state index in [-0.39, 0.29) is 5.41 Å². The van der Waals surface area contributed by atoms with Gasteiger partial charge >= 0.3 is 0 Å². The fraction of sp³-hybridized carbons (Fsp3) is 0.167.